The Morgan fingerprint density at radius 2 is 1.17 bits per heavy atom. The maximum absolute atomic E-state index is 12.3. The van der Waals surface area contributed by atoms with Crippen molar-refractivity contribution < 1.29 is 28.5 Å². The first kappa shape index (κ1) is 35.7. The zero-order valence-corrected chi connectivity index (χ0v) is 26.4. The Morgan fingerprint density at radius 3 is 1.54 bits per heavy atom. The second kappa shape index (κ2) is 16.6. The van der Waals surface area contributed by atoms with Crippen LogP contribution in [0.5, 0.6) is 0 Å². The van der Waals surface area contributed by atoms with Gasteiger partial charge in [-0.2, -0.15) is 0 Å². The van der Waals surface area contributed by atoms with E-state index in [1.807, 2.05) is 0 Å². The average Bonchev–Trinajstić information content (AvgIpc) is 3.64. The Morgan fingerprint density at radius 1 is 0.771 bits per heavy atom. The quantitative estimate of drug-likeness (QED) is 0.0913. The van der Waals surface area contributed by atoms with Crippen molar-refractivity contribution >= 4 is 11.9 Å². The van der Waals surface area contributed by atoms with Crippen LogP contribution >= 0.6 is 0 Å². The first-order valence-corrected chi connectivity index (χ1v) is 15.4. The number of rotatable bonds is 15. The van der Waals surface area contributed by atoms with Crippen molar-refractivity contribution in [1.82, 2.24) is 19.1 Å². The van der Waals surface area contributed by atoms with E-state index in [-0.39, 0.29) is 38.9 Å². The van der Waals surface area contributed by atoms with Gasteiger partial charge in [0.1, 0.15) is 37.9 Å². The monoisotopic (exact) mass is 672 g/mol. The van der Waals surface area contributed by atoms with Crippen molar-refractivity contribution in [1.29, 1.82) is 0 Å². The molecule has 2 unspecified atom stereocenters. The highest BCUT2D eigenvalue weighted by atomic mass is 16.6. The van der Waals surface area contributed by atoms with E-state index in [4.69, 9.17) is 30.0 Å². The molecule has 0 amide bonds. The van der Waals surface area contributed by atoms with Crippen molar-refractivity contribution in [3.63, 3.8) is 0 Å². The minimum Gasteiger partial charge on any atom is -0.463 e. The summed E-state index contributed by atoms with van der Waals surface area (Å²) in [6.07, 6.45) is 2.35. The zero-order chi connectivity index (χ0) is 34.8. The van der Waals surface area contributed by atoms with Gasteiger partial charge in [0.05, 0.1) is 12.1 Å². The van der Waals surface area contributed by atoms with Gasteiger partial charge < -0.3 is 18.9 Å². The minimum atomic E-state index is -0.813. The lowest BCUT2D eigenvalue weighted by molar-refractivity contribution is -0.149. The highest BCUT2D eigenvalue weighted by molar-refractivity contribution is 5.69. The molecule has 20 heteroatoms. The molecule has 2 aliphatic heterocycles. The molecule has 0 radical (unpaired) electrons. The van der Waals surface area contributed by atoms with Crippen LogP contribution < -0.4 is 22.5 Å². The number of nitrogens with zero attached hydrogens (tertiary/aromatic N) is 8. The first-order chi connectivity index (χ1) is 23.0. The molecule has 4 heterocycles. The lowest BCUT2D eigenvalue weighted by Crippen LogP contribution is -2.33. The molecule has 2 aliphatic rings. The van der Waals surface area contributed by atoms with Gasteiger partial charge in [-0.25, -0.2) is 9.59 Å². The van der Waals surface area contributed by atoms with Crippen LogP contribution in [-0.4, -0.2) is 68.5 Å². The standard InChI is InChI=1S/C28H36N10O10/c1-15-11-37(27(43)31-25(15)41)21-9-17(33-35-29)19(47-21)13-45-23(39)7-5-3-4-6-8-24(40)46-14-20-18(34-36-30)10-22(48-20)38-12-16(2)26(42)32-28(38)44/h11-12,17-22H,3-10,13-14H2,1-2H3,(H,31,41,43)(H,32,42,44)/t17?,18?,19-,20-,21-,22-/m1/s1. The van der Waals surface area contributed by atoms with E-state index in [0.29, 0.717) is 36.8 Å². The molecule has 4 rings (SSSR count). The molecule has 6 atom stereocenters. The number of hydrogen-bond acceptors (Lipinski definition) is 12. The zero-order valence-electron chi connectivity index (χ0n) is 26.4. The van der Waals surface area contributed by atoms with Crippen molar-refractivity contribution in [2.75, 3.05) is 13.2 Å². The molecular formula is C28H36N10O10. The van der Waals surface area contributed by atoms with Crippen LogP contribution in [-0.2, 0) is 28.5 Å². The second-order valence-corrected chi connectivity index (χ2v) is 11.5. The maximum Gasteiger partial charge on any atom is 0.330 e. The fourth-order valence-corrected chi connectivity index (χ4v) is 5.43. The van der Waals surface area contributed by atoms with E-state index in [2.05, 4.69) is 30.0 Å². The summed E-state index contributed by atoms with van der Waals surface area (Å²) in [5.41, 5.74) is 16.1. The van der Waals surface area contributed by atoms with E-state index in [0.717, 1.165) is 0 Å². The van der Waals surface area contributed by atoms with Gasteiger partial charge in [0, 0.05) is 59.0 Å². The fourth-order valence-electron chi connectivity index (χ4n) is 5.43. The van der Waals surface area contributed by atoms with Gasteiger partial charge in [0.15, 0.2) is 0 Å². The number of azide groups is 2. The van der Waals surface area contributed by atoms with Gasteiger partial charge in [0.25, 0.3) is 11.1 Å². The predicted octanol–water partition coefficient (Wildman–Crippen LogP) is 2.06. The van der Waals surface area contributed by atoms with E-state index in [1.165, 1.54) is 35.4 Å². The molecule has 48 heavy (non-hydrogen) atoms. The molecule has 258 valence electrons. The molecule has 2 aromatic rings. The van der Waals surface area contributed by atoms with Crippen LogP contribution in [0.25, 0.3) is 20.9 Å². The summed E-state index contributed by atoms with van der Waals surface area (Å²) in [5, 5.41) is 7.40. The van der Waals surface area contributed by atoms with Crippen molar-refractivity contribution in [2.24, 2.45) is 10.2 Å². The van der Waals surface area contributed by atoms with Crippen molar-refractivity contribution in [2.45, 2.75) is 102 Å². The number of carbonyl (C=O) groups is 2. The van der Waals surface area contributed by atoms with Gasteiger partial charge in [-0.1, -0.05) is 23.1 Å². The Kier molecular flexibility index (Phi) is 12.3. The molecule has 0 aliphatic carbocycles. The van der Waals surface area contributed by atoms with E-state index in [9.17, 15) is 28.8 Å². The molecule has 0 spiro atoms. The van der Waals surface area contributed by atoms with Crippen LogP contribution in [0.15, 0.2) is 41.8 Å². The van der Waals surface area contributed by atoms with Gasteiger partial charge in [-0.05, 0) is 37.8 Å². The third-order valence-electron chi connectivity index (χ3n) is 8.05. The number of carbonyl (C=O) groups excluding carboxylic acids is 2. The van der Waals surface area contributed by atoms with Gasteiger partial charge >= 0.3 is 23.3 Å². The molecule has 2 fully saturated rings. The van der Waals surface area contributed by atoms with Crippen LogP contribution in [0.4, 0.5) is 0 Å². The number of aryl methyl sites for hydroxylation is 2. The van der Waals surface area contributed by atoms with Crippen LogP contribution in [0.1, 0.15) is 74.9 Å². The molecule has 0 bridgehead atoms. The second-order valence-electron chi connectivity index (χ2n) is 11.5. The molecule has 2 saturated heterocycles. The molecule has 20 nitrogen and oxygen atoms in total. The number of aromatic nitrogens is 4. The lowest BCUT2D eigenvalue weighted by Gasteiger charge is -2.17. The summed E-state index contributed by atoms with van der Waals surface area (Å²) in [4.78, 5) is 82.4. The first-order valence-electron chi connectivity index (χ1n) is 15.4. The predicted molar refractivity (Wildman–Crippen MR) is 165 cm³/mol. The van der Waals surface area contributed by atoms with Crippen LogP contribution in [0.3, 0.4) is 0 Å². The Balaban J connectivity index is 1.13. The van der Waals surface area contributed by atoms with Crippen LogP contribution in [0, 0.1) is 13.8 Å². The summed E-state index contributed by atoms with van der Waals surface area (Å²) >= 11 is 0. The third kappa shape index (κ3) is 9.22. The summed E-state index contributed by atoms with van der Waals surface area (Å²) < 4.78 is 24.7. The summed E-state index contributed by atoms with van der Waals surface area (Å²) in [6.45, 7) is 2.70. The largest absolute Gasteiger partial charge is 0.463 e. The van der Waals surface area contributed by atoms with Gasteiger partial charge in [0.2, 0.25) is 0 Å². The Bertz CT molecular complexity index is 1690. The smallest absolute Gasteiger partial charge is 0.330 e. The number of hydrogen-bond donors (Lipinski definition) is 2. The number of unbranched alkanes of at least 4 members (excludes halogenated alkanes) is 3. The number of aromatic amines is 2. The third-order valence-corrected chi connectivity index (χ3v) is 8.05. The topological polar surface area (TPSA) is 278 Å². The SMILES string of the molecule is Cc1cn([C@H]2CC(N=[N+]=[N-])[C@@H](COC(=O)CCCCCCC(=O)OC[C@H]3O[C@@H](n4cc(C)c(=O)[nH]c4=O)CC3N=[N+]=[N-])O2)c(=O)[nH]c1=O. The van der Waals surface area contributed by atoms with Crippen molar-refractivity contribution in [3.05, 3.63) is 86.1 Å². The molecule has 0 aromatic carbocycles. The molecular weight excluding hydrogens is 636 g/mol. The van der Waals surface area contributed by atoms with E-state index >= 15 is 0 Å². The van der Waals surface area contributed by atoms with E-state index < -0.39 is 71.2 Å². The normalized spacial score (nSPS) is 23.2. The summed E-state index contributed by atoms with van der Waals surface area (Å²) in [7, 11) is 0. The fraction of sp³-hybridized carbons (Fsp3) is 0.643. The van der Waals surface area contributed by atoms with Gasteiger partial charge in [-0.15, -0.1) is 0 Å². The number of H-pyrrole nitrogens is 2. The van der Waals surface area contributed by atoms with Crippen molar-refractivity contribution in [3.8, 4) is 0 Å². The molecule has 2 aromatic heterocycles. The molecule has 0 saturated carbocycles. The van der Waals surface area contributed by atoms with Gasteiger partial charge in [-0.3, -0.25) is 38.3 Å². The highest BCUT2D eigenvalue weighted by Crippen LogP contribution is 2.31. The lowest BCUT2D eigenvalue weighted by atomic mass is 10.1. The minimum absolute atomic E-state index is 0.115. The number of esters is 2. The van der Waals surface area contributed by atoms with Crippen LogP contribution in [0.2, 0.25) is 0 Å². The summed E-state index contributed by atoms with van der Waals surface area (Å²) in [6, 6.07) is -1.38. The van der Waals surface area contributed by atoms with E-state index in [1.54, 1.807) is 0 Å². The Labute approximate surface area is 271 Å². The number of ether oxygens (including phenoxy) is 4. The number of nitrogens with one attached hydrogen (secondary N) is 2. The Hall–Kier alpha value is -5.16. The highest BCUT2D eigenvalue weighted by Gasteiger charge is 2.38. The average molecular weight is 673 g/mol. The molecule has 2 N–H and O–H groups in total. The maximum atomic E-state index is 12.3. The summed E-state index contributed by atoms with van der Waals surface area (Å²) in [5.74, 6) is -0.969.